The van der Waals surface area contributed by atoms with Gasteiger partial charge in [0.1, 0.15) is 6.33 Å². The maximum atomic E-state index is 12.4. The molecule has 23 heavy (non-hydrogen) atoms. The van der Waals surface area contributed by atoms with Crippen LogP contribution in [0.15, 0.2) is 36.8 Å². The second kappa shape index (κ2) is 5.99. The molecule has 1 N–H and O–H groups in total. The van der Waals surface area contributed by atoms with Gasteiger partial charge in [-0.1, -0.05) is 32.9 Å². The molecule has 2 amide bonds. The first-order chi connectivity index (χ1) is 10.9. The molecule has 2 aromatic rings. The Balaban J connectivity index is 1.66. The summed E-state index contributed by atoms with van der Waals surface area (Å²) in [5.74, 6) is 0. The molecule has 3 rings (SSSR count). The SMILES string of the molecule is CC(C)(C)c1ccc(NC(=O)N2CCc3ncncc3C2)cc1. The summed E-state index contributed by atoms with van der Waals surface area (Å²) in [7, 11) is 0. The van der Waals surface area contributed by atoms with Gasteiger partial charge in [0.25, 0.3) is 0 Å². The molecule has 1 aliphatic heterocycles. The predicted octanol–water partition coefficient (Wildman–Crippen LogP) is 3.36. The van der Waals surface area contributed by atoms with E-state index >= 15 is 0 Å². The number of hydrogen-bond acceptors (Lipinski definition) is 3. The Labute approximate surface area is 136 Å². The highest BCUT2D eigenvalue weighted by atomic mass is 16.2. The summed E-state index contributed by atoms with van der Waals surface area (Å²) in [6, 6.07) is 7.96. The summed E-state index contributed by atoms with van der Waals surface area (Å²) in [5, 5.41) is 2.97. The van der Waals surface area contributed by atoms with Crippen LogP contribution in [0.1, 0.15) is 37.6 Å². The number of fused-ring (bicyclic) bond motifs is 1. The van der Waals surface area contributed by atoms with E-state index in [2.05, 4.69) is 48.2 Å². The van der Waals surface area contributed by atoms with Crippen LogP contribution in [-0.4, -0.2) is 27.4 Å². The van der Waals surface area contributed by atoms with Gasteiger partial charge in [-0.05, 0) is 23.1 Å². The molecule has 0 radical (unpaired) electrons. The van der Waals surface area contributed by atoms with Crippen molar-refractivity contribution in [1.82, 2.24) is 14.9 Å². The summed E-state index contributed by atoms with van der Waals surface area (Å²) in [5.41, 5.74) is 4.24. The van der Waals surface area contributed by atoms with Crippen LogP contribution >= 0.6 is 0 Å². The molecule has 0 bridgehead atoms. The number of nitrogens with zero attached hydrogens (tertiary/aromatic N) is 3. The second-order valence-corrected chi connectivity index (χ2v) is 6.92. The molecule has 0 atom stereocenters. The van der Waals surface area contributed by atoms with Crippen molar-refractivity contribution in [3.63, 3.8) is 0 Å². The third kappa shape index (κ3) is 3.50. The van der Waals surface area contributed by atoms with Crippen molar-refractivity contribution in [3.8, 4) is 0 Å². The predicted molar refractivity (Wildman–Crippen MR) is 90.3 cm³/mol. The van der Waals surface area contributed by atoms with E-state index in [1.54, 1.807) is 17.4 Å². The Bertz CT molecular complexity index is 704. The Hall–Kier alpha value is -2.43. The molecule has 2 heterocycles. The van der Waals surface area contributed by atoms with E-state index in [0.29, 0.717) is 13.1 Å². The monoisotopic (exact) mass is 310 g/mol. The van der Waals surface area contributed by atoms with Crippen molar-refractivity contribution in [3.05, 3.63) is 53.6 Å². The van der Waals surface area contributed by atoms with Crippen LogP contribution in [0.25, 0.3) is 0 Å². The summed E-state index contributed by atoms with van der Waals surface area (Å²) in [6.07, 6.45) is 4.12. The van der Waals surface area contributed by atoms with Gasteiger partial charge in [-0.3, -0.25) is 0 Å². The molecule has 0 unspecified atom stereocenters. The highest BCUT2D eigenvalue weighted by Gasteiger charge is 2.21. The molecule has 5 heteroatoms. The van der Waals surface area contributed by atoms with Gasteiger partial charge in [0.15, 0.2) is 0 Å². The van der Waals surface area contributed by atoms with E-state index in [1.807, 2.05) is 12.1 Å². The van der Waals surface area contributed by atoms with E-state index in [4.69, 9.17) is 0 Å². The van der Waals surface area contributed by atoms with E-state index in [-0.39, 0.29) is 11.4 Å². The van der Waals surface area contributed by atoms with Gasteiger partial charge in [-0.25, -0.2) is 14.8 Å². The van der Waals surface area contributed by atoms with Crippen LogP contribution in [0.3, 0.4) is 0 Å². The summed E-state index contributed by atoms with van der Waals surface area (Å²) >= 11 is 0. The van der Waals surface area contributed by atoms with Gasteiger partial charge in [-0.15, -0.1) is 0 Å². The number of aromatic nitrogens is 2. The zero-order valence-corrected chi connectivity index (χ0v) is 13.8. The zero-order valence-electron chi connectivity index (χ0n) is 13.8. The summed E-state index contributed by atoms with van der Waals surface area (Å²) in [4.78, 5) is 22.5. The van der Waals surface area contributed by atoms with E-state index < -0.39 is 0 Å². The number of rotatable bonds is 1. The maximum absolute atomic E-state index is 12.4. The number of carbonyl (C=O) groups excluding carboxylic acids is 1. The highest BCUT2D eigenvalue weighted by molar-refractivity contribution is 5.89. The molecule has 0 spiro atoms. The average molecular weight is 310 g/mol. The van der Waals surface area contributed by atoms with E-state index in [1.165, 1.54) is 5.56 Å². The number of benzene rings is 1. The molecule has 1 aliphatic rings. The highest BCUT2D eigenvalue weighted by Crippen LogP contribution is 2.24. The fourth-order valence-corrected chi connectivity index (χ4v) is 2.70. The standard InChI is InChI=1S/C18H22N4O/c1-18(2,3)14-4-6-15(7-5-14)21-17(23)22-9-8-16-13(11-22)10-19-12-20-16/h4-7,10,12H,8-9,11H2,1-3H3,(H,21,23). The smallest absolute Gasteiger partial charge is 0.320 e. The molecule has 5 nitrogen and oxygen atoms in total. The topological polar surface area (TPSA) is 58.1 Å². The van der Waals surface area contributed by atoms with E-state index in [0.717, 1.165) is 23.4 Å². The van der Waals surface area contributed by atoms with Crippen LogP contribution in [0, 0.1) is 0 Å². The molecular formula is C18H22N4O. The van der Waals surface area contributed by atoms with Crippen molar-refractivity contribution in [1.29, 1.82) is 0 Å². The van der Waals surface area contributed by atoms with Crippen LogP contribution in [0.5, 0.6) is 0 Å². The fourth-order valence-electron chi connectivity index (χ4n) is 2.70. The van der Waals surface area contributed by atoms with Crippen LogP contribution in [0.4, 0.5) is 10.5 Å². The first-order valence-electron chi connectivity index (χ1n) is 7.88. The van der Waals surface area contributed by atoms with Gasteiger partial charge >= 0.3 is 6.03 Å². The minimum absolute atomic E-state index is 0.0805. The Morgan fingerprint density at radius 3 is 2.65 bits per heavy atom. The number of urea groups is 1. The maximum Gasteiger partial charge on any atom is 0.322 e. The number of amides is 2. The molecule has 120 valence electrons. The van der Waals surface area contributed by atoms with E-state index in [9.17, 15) is 4.79 Å². The lowest BCUT2D eigenvalue weighted by atomic mass is 9.87. The van der Waals surface area contributed by atoms with Crippen LogP contribution in [-0.2, 0) is 18.4 Å². The van der Waals surface area contributed by atoms with Crippen molar-refractivity contribution < 1.29 is 4.79 Å². The third-order valence-corrected chi connectivity index (χ3v) is 4.15. The zero-order chi connectivity index (χ0) is 16.4. The Morgan fingerprint density at radius 1 is 1.22 bits per heavy atom. The lowest BCUT2D eigenvalue weighted by molar-refractivity contribution is 0.206. The lowest BCUT2D eigenvalue weighted by Gasteiger charge is -2.28. The normalized spacial score (nSPS) is 14.3. The van der Waals surface area contributed by atoms with Crippen molar-refractivity contribution in [2.24, 2.45) is 0 Å². The lowest BCUT2D eigenvalue weighted by Crippen LogP contribution is -2.39. The molecule has 0 saturated heterocycles. The number of nitrogens with one attached hydrogen (secondary N) is 1. The first-order valence-corrected chi connectivity index (χ1v) is 7.88. The number of hydrogen-bond donors (Lipinski definition) is 1. The van der Waals surface area contributed by atoms with Crippen molar-refractivity contribution >= 4 is 11.7 Å². The van der Waals surface area contributed by atoms with Crippen molar-refractivity contribution in [2.75, 3.05) is 11.9 Å². The Kier molecular flexibility index (Phi) is 4.03. The van der Waals surface area contributed by atoms with Crippen LogP contribution < -0.4 is 5.32 Å². The molecule has 0 aliphatic carbocycles. The summed E-state index contributed by atoms with van der Waals surface area (Å²) < 4.78 is 0. The number of anilines is 1. The second-order valence-electron chi connectivity index (χ2n) is 6.92. The molecular weight excluding hydrogens is 288 g/mol. The minimum Gasteiger partial charge on any atom is -0.320 e. The molecule has 1 aromatic heterocycles. The van der Waals surface area contributed by atoms with Gasteiger partial charge in [-0.2, -0.15) is 0 Å². The minimum atomic E-state index is -0.0805. The van der Waals surface area contributed by atoms with Gasteiger partial charge in [0, 0.05) is 30.4 Å². The van der Waals surface area contributed by atoms with Crippen molar-refractivity contribution in [2.45, 2.75) is 39.2 Å². The fraction of sp³-hybridized carbons (Fsp3) is 0.389. The Morgan fingerprint density at radius 2 is 1.96 bits per heavy atom. The summed E-state index contributed by atoms with van der Waals surface area (Å²) in [6.45, 7) is 7.76. The molecule has 0 fully saturated rings. The van der Waals surface area contributed by atoms with Crippen LogP contribution in [0.2, 0.25) is 0 Å². The largest absolute Gasteiger partial charge is 0.322 e. The molecule has 0 saturated carbocycles. The quantitative estimate of drug-likeness (QED) is 0.878. The molecule has 1 aromatic carbocycles. The first kappa shape index (κ1) is 15.5. The number of carbonyl (C=O) groups is 1. The van der Waals surface area contributed by atoms with Gasteiger partial charge < -0.3 is 10.2 Å². The third-order valence-electron chi connectivity index (χ3n) is 4.15. The van der Waals surface area contributed by atoms with Gasteiger partial charge in [0.2, 0.25) is 0 Å². The average Bonchev–Trinajstić information content (AvgIpc) is 2.54. The van der Waals surface area contributed by atoms with Gasteiger partial charge in [0.05, 0.1) is 12.2 Å².